The van der Waals surface area contributed by atoms with Gasteiger partial charge in [0.1, 0.15) is 0 Å². The zero-order valence-electron chi connectivity index (χ0n) is 9.43. The number of nitrogens with two attached hydrogens (primary N) is 2. The van der Waals surface area contributed by atoms with Crippen LogP contribution < -0.4 is 11.5 Å². The molecule has 2 rings (SSSR count). The quantitative estimate of drug-likeness (QED) is 0.718. The van der Waals surface area contributed by atoms with Crippen LogP contribution in [0.3, 0.4) is 0 Å². The molecule has 1 heterocycles. The summed E-state index contributed by atoms with van der Waals surface area (Å²) >= 11 is 0. The van der Waals surface area contributed by atoms with E-state index in [0.29, 0.717) is 11.4 Å². The number of pyridine rings is 1. The Bertz CT molecular complexity index is 392. The molecule has 0 saturated heterocycles. The van der Waals surface area contributed by atoms with E-state index in [1.165, 1.54) is 0 Å². The number of aryl methyl sites for hydroxylation is 1. The Hall–Kier alpha value is -2.03. The maximum atomic E-state index is 5.39. The summed E-state index contributed by atoms with van der Waals surface area (Å²) in [5.41, 5.74) is 13.2. The summed E-state index contributed by atoms with van der Waals surface area (Å²) in [6.07, 6.45) is 2.85. The van der Waals surface area contributed by atoms with Gasteiger partial charge in [0.25, 0.3) is 0 Å². The predicted octanol–water partition coefficient (Wildman–Crippen LogP) is 2.49. The standard InChI is InChI=1S/C7H9N.C6H8N2/c1-2-7-5-3-4-6-8-7;7-5-3-1-2-4-6(5)8/h3-6H,2H2,1H3;1-4H,7-8H2. The molecule has 4 N–H and O–H groups in total. The molecule has 16 heavy (non-hydrogen) atoms. The highest BCUT2D eigenvalue weighted by molar-refractivity contribution is 5.62. The molecule has 0 aliphatic rings. The van der Waals surface area contributed by atoms with Gasteiger partial charge in [-0.2, -0.15) is 0 Å². The molecular weight excluding hydrogens is 198 g/mol. The average molecular weight is 215 g/mol. The number of hydrogen-bond acceptors (Lipinski definition) is 3. The van der Waals surface area contributed by atoms with Crippen molar-refractivity contribution in [1.29, 1.82) is 0 Å². The van der Waals surface area contributed by atoms with E-state index in [4.69, 9.17) is 11.5 Å². The molecule has 0 aliphatic carbocycles. The topological polar surface area (TPSA) is 64.9 Å². The van der Waals surface area contributed by atoms with E-state index in [2.05, 4.69) is 11.9 Å². The summed E-state index contributed by atoms with van der Waals surface area (Å²) in [6.45, 7) is 2.10. The van der Waals surface area contributed by atoms with Gasteiger partial charge >= 0.3 is 0 Å². The van der Waals surface area contributed by atoms with Crippen LogP contribution in [0.2, 0.25) is 0 Å². The van der Waals surface area contributed by atoms with E-state index in [1.54, 1.807) is 12.1 Å². The number of aromatic nitrogens is 1. The minimum Gasteiger partial charge on any atom is -0.397 e. The molecule has 84 valence electrons. The second-order valence-corrected chi connectivity index (χ2v) is 3.30. The third-order valence-corrected chi connectivity index (χ3v) is 2.08. The molecular formula is C13H17N3. The van der Waals surface area contributed by atoms with E-state index in [-0.39, 0.29) is 0 Å². The van der Waals surface area contributed by atoms with Gasteiger partial charge in [-0.1, -0.05) is 25.1 Å². The normalized spacial score (nSPS) is 9.06. The van der Waals surface area contributed by atoms with Crippen LogP contribution in [0, 0.1) is 0 Å². The lowest BCUT2D eigenvalue weighted by atomic mass is 10.3. The molecule has 0 amide bonds. The summed E-state index contributed by atoms with van der Waals surface area (Å²) in [6, 6.07) is 13.2. The predicted molar refractivity (Wildman–Crippen MR) is 68.9 cm³/mol. The molecule has 0 fully saturated rings. The Morgan fingerprint density at radius 2 is 1.50 bits per heavy atom. The molecule has 0 atom stereocenters. The van der Waals surface area contributed by atoms with Crippen molar-refractivity contribution in [1.82, 2.24) is 4.98 Å². The monoisotopic (exact) mass is 215 g/mol. The van der Waals surface area contributed by atoms with Crippen molar-refractivity contribution in [3.8, 4) is 0 Å². The number of benzene rings is 1. The molecule has 0 aliphatic heterocycles. The van der Waals surface area contributed by atoms with Gasteiger partial charge in [0.15, 0.2) is 0 Å². The lowest BCUT2D eigenvalue weighted by molar-refractivity contribution is 1.04. The first-order chi connectivity index (χ1) is 7.74. The first-order valence-corrected chi connectivity index (χ1v) is 5.24. The van der Waals surface area contributed by atoms with Crippen molar-refractivity contribution >= 4 is 11.4 Å². The minimum atomic E-state index is 0.646. The SMILES string of the molecule is CCc1ccccn1.Nc1ccccc1N. The van der Waals surface area contributed by atoms with E-state index in [1.807, 2.05) is 36.5 Å². The largest absolute Gasteiger partial charge is 0.397 e. The molecule has 0 radical (unpaired) electrons. The molecule has 0 unspecified atom stereocenters. The van der Waals surface area contributed by atoms with Crippen LogP contribution in [-0.2, 0) is 6.42 Å². The summed E-state index contributed by atoms with van der Waals surface area (Å²) in [4.78, 5) is 4.10. The van der Waals surface area contributed by atoms with E-state index in [0.717, 1.165) is 12.1 Å². The van der Waals surface area contributed by atoms with Crippen LogP contribution in [0.15, 0.2) is 48.7 Å². The Labute approximate surface area is 96.1 Å². The maximum absolute atomic E-state index is 5.39. The third kappa shape index (κ3) is 4.00. The van der Waals surface area contributed by atoms with Gasteiger partial charge in [0.05, 0.1) is 11.4 Å². The fourth-order valence-corrected chi connectivity index (χ4v) is 1.12. The number of rotatable bonds is 1. The lowest BCUT2D eigenvalue weighted by Gasteiger charge is -1.94. The smallest absolute Gasteiger partial charge is 0.0547 e. The molecule has 3 heteroatoms. The maximum Gasteiger partial charge on any atom is 0.0547 e. The van der Waals surface area contributed by atoms with Gasteiger partial charge in [0.2, 0.25) is 0 Å². The highest BCUT2D eigenvalue weighted by Crippen LogP contribution is 2.10. The van der Waals surface area contributed by atoms with Crippen molar-refractivity contribution < 1.29 is 0 Å². The van der Waals surface area contributed by atoms with Crippen LogP contribution in [-0.4, -0.2) is 4.98 Å². The van der Waals surface area contributed by atoms with Crippen LogP contribution in [0.25, 0.3) is 0 Å². The van der Waals surface area contributed by atoms with Crippen LogP contribution in [0.4, 0.5) is 11.4 Å². The number of nitrogens with zero attached hydrogens (tertiary/aromatic N) is 1. The van der Waals surface area contributed by atoms with E-state index < -0.39 is 0 Å². The molecule has 1 aromatic heterocycles. The summed E-state index contributed by atoms with van der Waals surface area (Å²) < 4.78 is 0. The van der Waals surface area contributed by atoms with Crippen molar-refractivity contribution in [3.05, 3.63) is 54.4 Å². The minimum absolute atomic E-state index is 0.646. The van der Waals surface area contributed by atoms with Crippen molar-refractivity contribution in [2.75, 3.05) is 11.5 Å². The van der Waals surface area contributed by atoms with Crippen molar-refractivity contribution in [3.63, 3.8) is 0 Å². The molecule has 2 aromatic rings. The van der Waals surface area contributed by atoms with Gasteiger partial charge in [-0.3, -0.25) is 4.98 Å². The van der Waals surface area contributed by atoms with Gasteiger partial charge in [-0.25, -0.2) is 0 Å². The molecule has 0 saturated carbocycles. The number of nitrogen functional groups attached to an aromatic ring is 2. The molecule has 3 nitrogen and oxygen atoms in total. The van der Waals surface area contributed by atoms with E-state index in [9.17, 15) is 0 Å². The number of hydrogen-bond donors (Lipinski definition) is 2. The Kier molecular flexibility index (Phi) is 4.86. The highest BCUT2D eigenvalue weighted by atomic mass is 14.7. The first kappa shape index (κ1) is 12.0. The average Bonchev–Trinajstić information content (AvgIpc) is 2.35. The first-order valence-electron chi connectivity index (χ1n) is 5.24. The van der Waals surface area contributed by atoms with Crippen molar-refractivity contribution in [2.45, 2.75) is 13.3 Å². The van der Waals surface area contributed by atoms with Gasteiger partial charge in [-0.15, -0.1) is 0 Å². The van der Waals surface area contributed by atoms with Gasteiger partial charge < -0.3 is 11.5 Å². The van der Waals surface area contributed by atoms with Crippen LogP contribution >= 0.6 is 0 Å². The van der Waals surface area contributed by atoms with Gasteiger partial charge in [0, 0.05) is 11.9 Å². The summed E-state index contributed by atoms with van der Waals surface area (Å²) in [5, 5.41) is 0. The second-order valence-electron chi connectivity index (χ2n) is 3.30. The second kappa shape index (κ2) is 6.45. The molecule has 1 aromatic carbocycles. The third-order valence-electron chi connectivity index (χ3n) is 2.08. The zero-order valence-corrected chi connectivity index (χ0v) is 9.43. The molecule has 0 spiro atoms. The molecule has 0 bridgehead atoms. The summed E-state index contributed by atoms with van der Waals surface area (Å²) in [5.74, 6) is 0. The Balaban J connectivity index is 0.000000160. The lowest BCUT2D eigenvalue weighted by Crippen LogP contribution is -1.91. The fourth-order valence-electron chi connectivity index (χ4n) is 1.12. The zero-order chi connectivity index (χ0) is 11.8. The Morgan fingerprint density at radius 1 is 0.938 bits per heavy atom. The number of anilines is 2. The van der Waals surface area contributed by atoms with Crippen molar-refractivity contribution in [2.24, 2.45) is 0 Å². The van der Waals surface area contributed by atoms with Crippen LogP contribution in [0.5, 0.6) is 0 Å². The fraction of sp³-hybridized carbons (Fsp3) is 0.154. The Morgan fingerprint density at radius 3 is 1.81 bits per heavy atom. The number of para-hydroxylation sites is 2. The van der Waals surface area contributed by atoms with E-state index >= 15 is 0 Å². The summed E-state index contributed by atoms with van der Waals surface area (Å²) in [7, 11) is 0. The highest BCUT2D eigenvalue weighted by Gasteiger charge is 1.85. The van der Waals surface area contributed by atoms with Gasteiger partial charge in [-0.05, 0) is 30.7 Å². The van der Waals surface area contributed by atoms with Crippen LogP contribution in [0.1, 0.15) is 12.6 Å².